The quantitative estimate of drug-likeness (QED) is 0.488. The SMILES string of the molecule is COc1ccccc1C1OC(CC(=O)OC(=O)CN)C(=O)N(CC(C)(C)C)c2ccc(Cl)cc21. The lowest BCUT2D eigenvalue weighted by Gasteiger charge is -2.31. The van der Waals surface area contributed by atoms with Crippen LogP contribution in [0, 0.1) is 5.41 Å². The molecule has 0 bridgehead atoms. The number of anilines is 1. The van der Waals surface area contributed by atoms with Crippen LogP contribution in [0.1, 0.15) is 44.4 Å². The lowest BCUT2D eigenvalue weighted by Crippen LogP contribution is -2.44. The summed E-state index contributed by atoms with van der Waals surface area (Å²) in [6.45, 7) is 5.92. The van der Waals surface area contributed by atoms with E-state index >= 15 is 0 Å². The highest BCUT2D eigenvalue weighted by Crippen LogP contribution is 2.43. The molecular weight excluding hydrogens is 460 g/mol. The highest BCUT2D eigenvalue weighted by atomic mass is 35.5. The molecule has 0 saturated carbocycles. The van der Waals surface area contributed by atoms with Crippen molar-refractivity contribution in [3.8, 4) is 5.75 Å². The summed E-state index contributed by atoms with van der Waals surface area (Å²) < 4.78 is 16.5. The van der Waals surface area contributed by atoms with Crippen LogP contribution < -0.4 is 15.4 Å². The maximum atomic E-state index is 13.7. The summed E-state index contributed by atoms with van der Waals surface area (Å²) in [6.07, 6.45) is -2.46. The second-order valence-corrected chi connectivity index (χ2v) is 9.63. The minimum absolute atomic E-state index is 0.266. The van der Waals surface area contributed by atoms with Crippen molar-refractivity contribution >= 4 is 35.1 Å². The van der Waals surface area contributed by atoms with Crippen molar-refractivity contribution < 1.29 is 28.6 Å². The van der Waals surface area contributed by atoms with Gasteiger partial charge in [-0.2, -0.15) is 0 Å². The number of carbonyl (C=O) groups excluding carboxylic acids is 3. The van der Waals surface area contributed by atoms with Gasteiger partial charge in [-0.15, -0.1) is 0 Å². The Kier molecular flexibility index (Phi) is 7.97. The third-order valence-corrected chi connectivity index (χ3v) is 5.44. The molecule has 2 aromatic rings. The van der Waals surface area contributed by atoms with Gasteiger partial charge in [0.1, 0.15) is 18.0 Å². The van der Waals surface area contributed by atoms with Crippen molar-refractivity contribution in [1.82, 2.24) is 0 Å². The van der Waals surface area contributed by atoms with Gasteiger partial charge in [0.05, 0.1) is 20.1 Å². The molecule has 1 amide bonds. The van der Waals surface area contributed by atoms with E-state index in [1.807, 2.05) is 39.0 Å². The van der Waals surface area contributed by atoms with Gasteiger partial charge in [-0.3, -0.25) is 14.4 Å². The summed E-state index contributed by atoms with van der Waals surface area (Å²) in [4.78, 5) is 39.3. The number of halogens is 1. The summed E-state index contributed by atoms with van der Waals surface area (Å²) in [5.41, 5.74) is 6.91. The second-order valence-electron chi connectivity index (χ2n) is 9.19. The van der Waals surface area contributed by atoms with E-state index in [1.165, 1.54) is 0 Å². The predicted molar refractivity (Wildman–Crippen MR) is 128 cm³/mol. The number of benzene rings is 2. The van der Waals surface area contributed by atoms with E-state index < -0.39 is 43.0 Å². The summed E-state index contributed by atoms with van der Waals surface area (Å²) in [6, 6.07) is 12.5. The first kappa shape index (κ1) is 25.7. The molecule has 2 aromatic carbocycles. The van der Waals surface area contributed by atoms with E-state index in [9.17, 15) is 14.4 Å². The first-order chi connectivity index (χ1) is 16.0. The average Bonchev–Trinajstić information content (AvgIpc) is 2.88. The Hall–Kier alpha value is -2.94. The molecule has 3 rings (SSSR count). The fraction of sp³-hybridized carbons (Fsp3) is 0.400. The van der Waals surface area contributed by atoms with E-state index in [2.05, 4.69) is 0 Å². The molecule has 1 aliphatic heterocycles. The predicted octanol–water partition coefficient (Wildman–Crippen LogP) is 3.63. The van der Waals surface area contributed by atoms with Crippen molar-refractivity contribution in [2.75, 3.05) is 25.1 Å². The van der Waals surface area contributed by atoms with Crippen LogP contribution in [0.4, 0.5) is 5.69 Å². The fourth-order valence-corrected chi connectivity index (χ4v) is 4.01. The van der Waals surface area contributed by atoms with Gasteiger partial charge in [-0.25, -0.2) is 0 Å². The highest BCUT2D eigenvalue weighted by Gasteiger charge is 2.40. The molecule has 0 saturated heterocycles. The molecule has 0 aliphatic carbocycles. The van der Waals surface area contributed by atoms with Crippen molar-refractivity contribution in [3.63, 3.8) is 0 Å². The number of para-hydroxylation sites is 1. The number of hydrogen-bond acceptors (Lipinski definition) is 7. The van der Waals surface area contributed by atoms with E-state index in [4.69, 9.17) is 31.5 Å². The number of hydrogen-bond donors (Lipinski definition) is 1. The molecule has 34 heavy (non-hydrogen) atoms. The Bertz CT molecular complexity index is 1080. The first-order valence-corrected chi connectivity index (χ1v) is 11.2. The molecule has 8 nitrogen and oxygen atoms in total. The number of esters is 2. The Morgan fingerprint density at radius 2 is 1.82 bits per heavy atom. The molecule has 2 unspecified atom stereocenters. The van der Waals surface area contributed by atoms with Gasteiger partial charge >= 0.3 is 11.9 Å². The number of rotatable bonds is 6. The number of ether oxygens (including phenoxy) is 3. The van der Waals surface area contributed by atoms with Crippen LogP contribution in [-0.2, 0) is 23.9 Å². The molecule has 9 heteroatoms. The van der Waals surface area contributed by atoms with Crippen LogP contribution in [0.15, 0.2) is 42.5 Å². The topological polar surface area (TPSA) is 108 Å². The van der Waals surface area contributed by atoms with Gasteiger partial charge in [0.15, 0.2) is 0 Å². The minimum Gasteiger partial charge on any atom is -0.496 e. The van der Waals surface area contributed by atoms with Gasteiger partial charge in [-0.05, 0) is 29.7 Å². The molecule has 182 valence electrons. The van der Waals surface area contributed by atoms with Crippen LogP contribution in [-0.4, -0.2) is 44.1 Å². The van der Waals surface area contributed by atoms with E-state index in [1.54, 1.807) is 36.3 Å². The molecule has 2 atom stereocenters. The van der Waals surface area contributed by atoms with Crippen LogP contribution in [0.5, 0.6) is 5.75 Å². The summed E-state index contributed by atoms with van der Waals surface area (Å²) in [5, 5.41) is 0.469. The average molecular weight is 489 g/mol. The molecule has 2 N–H and O–H groups in total. The zero-order valence-electron chi connectivity index (χ0n) is 19.7. The molecule has 1 aliphatic rings. The molecule has 0 spiro atoms. The normalized spacial score (nSPS) is 18.2. The highest BCUT2D eigenvalue weighted by molar-refractivity contribution is 6.30. The van der Waals surface area contributed by atoms with Crippen molar-refractivity contribution in [3.05, 3.63) is 58.6 Å². The van der Waals surface area contributed by atoms with Crippen molar-refractivity contribution in [1.29, 1.82) is 0 Å². The largest absolute Gasteiger partial charge is 0.496 e. The summed E-state index contributed by atoms with van der Waals surface area (Å²) >= 11 is 6.35. The Balaban J connectivity index is 2.15. The Morgan fingerprint density at radius 3 is 2.47 bits per heavy atom. The second kappa shape index (κ2) is 10.5. The summed E-state index contributed by atoms with van der Waals surface area (Å²) in [5.74, 6) is -1.65. The van der Waals surface area contributed by atoms with E-state index in [0.29, 0.717) is 34.1 Å². The van der Waals surface area contributed by atoms with Gasteiger partial charge in [0, 0.05) is 28.4 Å². The van der Waals surface area contributed by atoms with E-state index in [0.717, 1.165) is 0 Å². The monoisotopic (exact) mass is 488 g/mol. The molecule has 0 aromatic heterocycles. The lowest BCUT2D eigenvalue weighted by molar-refractivity contribution is -0.162. The zero-order chi connectivity index (χ0) is 25.0. The standard InChI is InChI=1S/C25H29ClN2O6/c1-25(2,3)14-28-18-10-9-15(26)11-17(18)23(16-7-5-6-8-19(16)32-4)33-20(24(28)31)12-21(29)34-22(30)13-27/h5-11,20,23H,12-14,27H2,1-4H3. The van der Waals surface area contributed by atoms with E-state index in [-0.39, 0.29) is 5.41 Å². The molecular formula is C25H29ClN2O6. The number of methoxy groups -OCH3 is 1. The van der Waals surface area contributed by atoms with Crippen LogP contribution >= 0.6 is 11.6 Å². The van der Waals surface area contributed by atoms with Gasteiger partial charge < -0.3 is 24.8 Å². The van der Waals surface area contributed by atoms with Crippen LogP contribution in [0.2, 0.25) is 5.02 Å². The van der Waals surface area contributed by atoms with Gasteiger partial charge in [-0.1, -0.05) is 50.6 Å². The number of nitrogens with zero attached hydrogens (tertiary/aromatic N) is 1. The molecule has 0 radical (unpaired) electrons. The smallest absolute Gasteiger partial charge is 0.327 e. The van der Waals surface area contributed by atoms with Gasteiger partial charge in [0.25, 0.3) is 5.91 Å². The van der Waals surface area contributed by atoms with Crippen LogP contribution in [0.3, 0.4) is 0 Å². The Morgan fingerprint density at radius 1 is 1.12 bits per heavy atom. The Labute approximate surface area is 203 Å². The molecule has 1 heterocycles. The van der Waals surface area contributed by atoms with Crippen molar-refractivity contribution in [2.24, 2.45) is 11.1 Å². The van der Waals surface area contributed by atoms with Gasteiger partial charge in [0.2, 0.25) is 0 Å². The zero-order valence-corrected chi connectivity index (χ0v) is 20.4. The minimum atomic E-state index is -1.22. The fourth-order valence-electron chi connectivity index (χ4n) is 3.83. The third-order valence-electron chi connectivity index (χ3n) is 5.20. The molecule has 0 fully saturated rings. The number of amides is 1. The van der Waals surface area contributed by atoms with Crippen LogP contribution in [0.25, 0.3) is 0 Å². The first-order valence-electron chi connectivity index (χ1n) is 10.9. The third kappa shape index (κ3) is 5.94. The maximum Gasteiger partial charge on any atom is 0.327 e. The summed E-state index contributed by atoms with van der Waals surface area (Å²) in [7, 11) is 1.54. The lowest BCUT2D eigenvalue weighted by atomic mass is 9.94. The number of carbonyl (C=O) groups is 3. The maximum absolute atomic E-state index is 13.7. The van der Waals surface area contributed by atoms with Crippen molar-refractivity contribution in [2.45, 2.75) is 39.4 Å². The number of fused-ring (bicyclic) bond motifs is 1. The number of nitrogens with two attached hydrogens (primary N) is 1.